The van der Waals surface area contributed by atoms with Crippen LogP contribution in [-0.4, -0.2) is 20.8 Å². The minimum atomic E-state index is -0.837. The normalized spacial score (nSPS) is 11.1. The molecule has 4 aromatic rings. The van der Waals surface area contributed by atoms with E-state index in [0.29, 0.717) is 16.2 Å². The summed E-state index contributed by atoms with van der Waals surface area (Å²) < 4.78 is 29.9. The minimum absolute atomic E-state index is 0.161. The van der Waals surface area contributed by atoms with E-state index in [9.17, 15) is 13.6 Å². The molecular weight excluding hydrogens is 380 g/mol. The predicted octanol–water partition coefficient (Wildman–Crippen LogP) is 4.76. The Hall–Kier alpha value is -3.06. The van der Waals surface area contributed by atoms with Gasteiger partial charge in [-0.1, -0.05) is 42.1 Å². The number of thioether (sulfide) groups is 1. The quantitative estimate of drug-likeness (QED) is 0.371. The predicted molar refractivity (Wildman–Crippen MR) is 107 cm³/mol. The third-order valence-electron chi connectivity index (χ3n) is 4.47. The molecule has 2 aromatic carbocycles. The summed E-state index contributed by atoms with van der Waals surface area (Å²) in [5.74, 6) is -1.67. The first-order valence-electron chi connectivity index (χ1n) is 8.49. The van der Waals surface area contributed by atoms with E-state index in [4.69, 9.17) is 0 Å². The van der Waals surface area contributed by atoms with Crippen molar-refractivity contribution < 1.29 is 8.78 Å². The average molecular weight is 395 g/mol. The van der Waals surface area contributed by atoms with Crippen LogP contribution in [0.3, 0.4) is 0 Å². The summed E-state index contributed by atoms with van der Waals surface area (Å²) in [6.07, 6.45) is 1.80. The maximum absolute atomic E-state index is 14.5. The number of para-hydroxylation sites is 1. The summed E-state index contributed by atoms with van der Waals surface area (Å²) in [4.78, 5) is 21.6. The summed E-state index contributed by atoms with van der Waals surface area (Å²) in [5.41, 5.74) is 1.61. The van der Waals surface area contributed by atoms with Crippen LogP contribution in [0.15, 0.2) is 64.5 Å². The maximum Gasteiger partial charge on any atom is 0.256 e. The number of rotatable bonds is 3. The molecule has 0 amide bonds. The summed E-state index contributed by atoms with van der Waals surface area (Å²) in [5, 5.41) is 0.941. The van der Waals surface area contributed by atoms with E-state index >= 15 is 0 Å². The third-order valence-corrected chi connectivity index (χ3v) is 5.02. The van der Waals surface area contributed by atoms with Crippen LogP contribution < -0.4 is 5.56 Å². The van der Waals surface area contributed by atoms with Gasteiger partial charge in [-0.15, -0.1) is 0 Å². The highest BCUT2D eigenvalue weighted by Gasteiger charge is 2.19. The van der Waals surface area contributed by atoms with Crippen molar-refractivity contribution in [2.75, 3.05) is 6.26 Å². The summed E-state index contributed by atoms with van der Waals surface area (Å²) in [6, 6.07) is 14.0. The highest BCUT2D eigenvalue weighted by Crippen LogP contribution is 2.31. The Bertz CT molecular complexity index is 1250. The SMILES string of the molecule is CSc1nc(-c2ccccc2C)c2ccc(=O)n(-c3c(F)cccc3F)c2n1. The Kier molecular flexibility index (Phi) is 4.68. The zero-order valence-electron chi connectivity index (χ0n) is 15.1. The lowest BCUT2D eigenvalue weighted by atomic mass is 10.0. The fraction of sp³-hybridized carbons (Fsp3) is 0.0952. The summed E-state index contributed by atoms with van der Waals surface area (Å²) in [6.45, 7) is 1.95. The van der Waals surface area contributed by atoms with Gasteiger partial charge in [-0.05, 0) is 36.9 Å². The van der Waals surface area contributed by atoms with Crippen molar-refractivity contribution in [1.29, 1.82) is 0 Å². The molecule has 0 saturated carbocycles. The Morgan fingerprint density at radius 2 is 1.64 bits per heavy atom. The molecule has 0 N–H and O–H groups in total. The molecule has 0 radical (unpaired) electrons. The van der Waals surface area contributed by atoms with Crippen molar-refractivity contribution >= 4 is 22.8 Å². The van der Waals surface area contributed by atoms with Gasteiger partial charge < -0.3 is 0 Å². The molecule has 4 rings (SSSR count). The van der Waals surface area contributed by atoms with Crippen molar-refractivity contribution in [2.45, 2.75) is 12.1 Å². The molecule has 140 valence electrons. The second kappa shape index (κ2) is 7.16. The minimum Gasteiger partial charge on any atom is -0.269 e. The highest BCUT2D eigenvalue weighted by molar-refractivity contribution is 7.98. The molecule has 7 heteroatoms. The second-order valence-electron chi connectivity index (χ2n) is 6.19. The molecule has 0 aliphatic heterocycles. The number of aromatic nitrogens is 3. The van der Waals surface area contributed by atoms with Crippen molar-refractivity contribution in [3.8, 4) is 16.9 Å². The van der Waals surface area contributed by atoms with Gasteiger partial charge in [0.2, 0.25) is 0 Å². The standard InChI is InChI=1S/C21H15F2N3OS/c1-12-6-3-4-7-13(12)18-14-10-11-17(27)26(20(14)25-21(24-18)28-2)19-15(22)8-5-9-16(19)23/h3-11H,1-2H3. The fourth-order valence-electron chi connectivity index (χ4n) is 3.15. The monoisotopic (exact) mass is 395 g/mol. The highest BCUT2D eigenvalue weighted by atomic mass is 32.2. The van der Waals surface area contributed by atoms with Gasteiger partial charge >= 0.3 is 0 Å². The van der Waals surface area contributed by atoms with E-state index in [2.05, 4.69) is 9.97 Å². The lowest BCUT2D eigenvalue weighted by molar-refractivity contribution is 0.568. The number of nitrogens with zero attached hydrogens (tertiary/aromatic N) is 3. The van der Waals surface area contributed by atoms with Gasteiger partial charge in [-0.25, -0.2) is 18.7 Å². The Balaban J connectivity index is 2.17. The molecule has 0 unspecified atom stereocenters. The Morgan fingerprint density at radius 1 is 0.929 bits per heavy atom. The fourth-order valence-corrected chi connectivity index (χ4v) is 3.51. The lowest BCUT2D eigenvalue weighted by Gasteiger charge is -2.15. The Morgan fingerprint density at radius 3 is 2.32 bits per heavy atom. The molecule has 0 atom stereocenters. The summed E-state index contributed by atoms with van der Waals surface area (Å²) >= 11 is 1.29. The first-order chi connectivity index (χ1) is 13.5. The van der Waals surface area contributed by atoms with Gasteiger partial charge in [0.15, 0.2) is 10.8 Å². The lowest BCUT2D eigenvalue weighted by Crippen LogP contribution is -2.21. The second-order valence-corrected chi connectivity index (χ2v) is 6.96. The molecule has 0 bridgehead atoms. The first-order valence-corrected chi connectivity index (χ1v) is 9.72. The van der Waals surface area contributed by atoms with Crippen LogP contribution in [0, 0.1) is 18.6 Å². The zero-order chi connectivity index (χ0) is 19.8. The molecule has 0 aliphatic rings. The molecular formula is C21H15F2N3OS. The molecule has 4 nitrogen and oxygen atoms in total. The number of benzene rings is 2. The van der Waals surface area contributed by atoms with E-state index in [1.54, 1.807) is 12.3 Å². The van der Waals surface area contributed by atoms with Crippen molar-refractivity contribution in [1.82, 2.24) is 14.5 Å². The van der Waals surface area contributed by atoms with E-state index in [1.807, 2.05) is 31.2 Å². The van der Waals surface area contributed by atoms with Crippen molar-refractivity contribution in [3.63, 3.8) is 0 Å². The average Bonchev–Trinajstić information content (AvgIpc) is 2.69. The summed E-state index contributed by atoms with van der Waals surface area (Å²) in [7, 11) is 0. The molecule has 0 aliphatic carbocycles. The molecule has 2 heterocycles. The van der Waals surface area contributed by atoms with Gasteiger partial charge in [0.1, 0.15) is 17.3 Å². The van der Waals surface area contributed by atoms with Crippen LogP contribution in [-0.2, 0) is 0 Å². The number of fused-ring (bicyclic) bond motifs is 1. The number of pyridine rings is 1. The third kappa shape index (κ3) is 2.97. The first kappa shape index (κ1) is 18.3. The van der Waals surface area contributed by atoms with E-state index in [1.165, 1.54) is 23.9 Å². The van der Waals surface area contributed by atoms with Crippen molar-refractivity contribution in [3.05, 3.63) is 82.1 Å². The van der Waals surface area contributed by atoms with E-state index in [0.717, 1.165) is 27.8 Å². The van der Waals surface area contributed by atoms with Crippen LogP contribution in [0.2, 0.25) is 0 Å². The van der Waals surface area contributed by atoms with Crippen LogP contribution in [0.5, 0.6) is 0 Å². The largest absolute Gasteiger partial charge is 0.269 e. The van der Waals surface area contributed by atoms with Crippen LogP contribution in [0.25, 0.3) is 28.0 Å². The van der Waals surface area contributed by atoms with Gasteiger partial charge in [0.25, 0.3) is 5.56 Å². The van der Waals surface area contributed by atoms with Gasteiger partial charge in [-0.2, -0.15) is 0 Å². The molecule has 0 saturated heterocycles. The smallest absolute Gasteiger partial charge is 0.256 e. The van der Waals surface area contributed by atoms with E-state index < -0.39 is 22.9 Å². The van der Waals surface area contributed by atoms with Crippen LogP contribution in [0.1, 0.15) is 5.56 Å². The number of hydrogen-bond donors (Lipinski definition) is 0. The number of aryl methyl sites for hydroxylation is 1. The molecule has 0 fully saturated rings. The van der Waals surface area contributed by atoms with Crippen LogP contribution in [0.4, 0.5) is 8.78 Å². The van der Waals surface area contributed by atoms with Crippen molar-refractivity contribution in [2.24, 2.45) is 0 Å². The molecule has 28 heavy (non-hydrogen) atoms. The number of hydrogen-bond acceptors (Lipinski definition) is 4. The van der Waals surface area contributed by atoms with Gasteiger partial charge in [0.05, 0.1) is 5.69 Å². The van der Waals surface area contributed by atoms with Crippen LogP contribution >= 0.6 is 11.8 Å². The topological polar surface area (TPSA) is 47.8 Å². The zero-order valence-corrected chi connectivity index (χ0v) is 15.9. The number of halogens is 2. The Labute approximate surface area is 163 Å². The van der Waals surface area contributed by atoms with Gasteiger partial charge in [0, 0.05) is 17.0 Å². The van der Waals surface area contributed by atoms with Gasteiger partial charge in [-0.3, -0.25) is 9.36 Å². The van der Waals surface area contributed by atoms with E-state index in [-0.39, 0.29) is 5.65 Å². The molecule has 0 spiro atoms. The molecule has 2 aromatic heterocycles. The maximum atomic E-state index is 14.5.